The molecule has 9 heteroatoms. The number of esters is 1. The highest BCUT2D eigenvalue weighted by Gasteiger charge is 2.49. The van der Waals surface area contributed by atoms with E-state index in [1.807, 2.05) is 0 Å². The van der Waals surface area contributed by atoms with Crippen molar-refractivity contribution in [2.75, 3.05) is 11.5 Å². The molecule has 1 aliphatic carbocycles. The van der Waals surface area contributed by atoms with Gasteiger partial charge in [-0.05, 0) is 56.4 Å². The number of nitrogens with zero attached hydrogens (tertiary/aromatic N) is 2. The fourth-order valence-corrected chi connectivity index (χ4v) is 4.67. The first-order chi connectivity index (χ1) is 16.2. The Morgan fingerprint density at radius 2 is 1.68 bits per heavy atom. The highest BCUT2D eigenvalue weighted by atomic mass is 16.6. The summed E-state index contributed by atoms with van der Waals surface area (Å²) in [6.45, 7) is 3.07. The van der Waals surface area contributed by atoms with Gasteiger partial charge in [-0.2, -0.15) is 0 Å². The van der Waals surface area contributed by atoms with Crippen molar-refractivity contribution in [1.29, 1.82) is 0 Å². The van der Waals surface area contributed by atoms with Crippen LogP contribution in [0.1, 0.15) is 52.5 Å². The Labute approximate surface area is 195 Å². The van der Waals surface area contributed by atoms with Gasteiger partial charge in [-0.15, -0.1) is 0 Å². The average molecular weight is 464 g/mol. The molecule has 176 valence electrons. The van der Waals surface area contributed by atoms with Gasteiger partial charge in [0.15, 0.2) is 6.61 Å². The van der Waals surface area contributed by atoms with Crippen LogP contribution in [0.3, 0.4) is 0 Å². The number of hydrogen-bond acceptors (Lipinski definition) is 7. The van der Waals surface area contributed by atoms with E-state index in [1.165, 1.54) is 41.3 Å². The van der Waals surface area contributed by atoms with Crippen LogP contribution < -0.4 is 4.90 Å². The predicted octanol–water partition coefficient (Wildman–Crippen LogP) is 3.87. The highest BCUT2D eigenvalue weighted by Crippen LogP contribution is 2.42. The van der Waals surface area contributed by atoms with Crippen molar-refractivity contribution >= 4 is 34.9 Å². The van der Waals surface area contributed by atoms with E-state index in [0.29, 0.717) is 30.0 Å². The van der Waals surface area contributed by atoms with Crippen LogP contribution in [-0.4, -0.2) is 35.1 Å². The van der Waals surface area contributed by atoms with Crippen molar-refractivity contribution in [1.82, 2.24) is 0 Å². The number of carbonyl (C=O) groups is 4. The minimum Gasteiger partial charge on any atom is -0.454 e. The molecule has 1 saturated heterocycles. The zero-order valence-corrected chi connectivity index (χ0v) is 18.9. The molecule has 0 radical (unpaired) electrons. The molecule has 4 rings (SSSR count). The number of ketones is 1. The van der Waals surface area contributed by atoms with Crippen molar-refractivity contribution in [2.24, 2.45) is 17.8 Å². The summed E-state index contributed by atoms with van der Waals surface area (Å²) in [6, 6.07) is 9.95. The van der Waals surface area contributed by atoms with Gasteiger partial charge in [0.05, 0.1) is 28.0 Å². The minimum absolute atomic E-state index is 0.0716. The summed E-state index contributed by atoms with van der Waals surface area (Å²) >= 11 is 0. The number of carbonyl (C=O) groups excluding carboxylic acids is 4. The van der Waals surface area contributed by atoms with Gasteiger partial charge in [-0.1, -0.05) is 19.1 Å². The van der Waals surface area contributed by atoms with E-state index in [4.69, 9.17) is 4.74 Å². The minimum atomic E-state index is -0.761. The maximum absolute atomic E-state index is 12.8. The first-order valence-electron chi connectivity index (χ1n) is 11.1. The Kier molecular flexibility index (Phi) is 6.28. The summed E-state index contributed by atoms with van der Waals surface area (Å²) in [5.74, 6) is -1.89. The molecule has 34 heavy (non-hydrogen) atoms. The Balaban J connectivity index is 1.40. The number of aryl methyl sites for hydroxylation is 1. The Bertz CT molecular complexity index is 1190. The van der Waals surface area contributed by atoms with Crippen LogP contribution in [0.25, 0.3) is 0 Å². The number of rotatable bonds is 6. The number of amides is 2. The normalized spacial score (nSPS) is 21.8. The van der Waals surface area contributed by atoms with Gasteiger partial charge in [-0.25, -0.2) is 4.79 Å². The molecule has 1 saturated carbocycles. The van der Waals surface area contributed by atoms with Crippen LogP contribution in [0, 0.1) is 34.8 Å². The number of nitro groups is 1. The molecule has 2 aliphatic rings. The largest absolute Gasteiger partial charge is 0.454 e. The summed E-state index contributed by atoms with van der Waals surface area (Å²) in [5, 5.41) is 11.1. The van der Waals surface area contributed by atoms with Crippen LogP contribution in [0.4, 0.5) is 11.4 Å². The number of imide groups is 1. The van der Waals surface area contributed by atoms with Crippen molar-refractivity contribution in [3.8, 4) is 0 Å². The molecule has 2 amide bonds. The smallest absolute Gasteiger partial charge is 0.338 e. The number of benzene rings is 2. The van der Waals surface area contributed by atoms with Crippen LogP contribution >= 0.6 is 0 Å². The van der Waals surface area contributed by atoms with E-state index >= 15 is 0 Å². The van der Waals surface area contributed by atoms with E-state index in [9.17, 15) is 29.3 Å². The Morgan fingerprint density at radius 3 is 2.35 bits per heavy atom. The van der Waals surface area contributed by atoms with Crippen molar-refractivity contribution in [3.05, 3.63) is 69.3 Å². The highest BCUT2D eigenvalue weighted by molar-refractivity contribution is 6.22. The van der Waals surface area contributed by atoms with E-state index < -0.39 is 23.3 Å². The van der Waals surface area contributed by atoms with Gasteiger partial charge in [0.2, 0.25) is 17.6 Å². The lowest BCUT2D eigenvalue weighted by atomic mass is 9.76. The van der Waals surface area contributed by atoms with Crippen molar-refractivity contribution in [2.45, 2.75) is 33.1 Å². The monoisotopic (exact) mass is 464 g/mol. The third-order valence-electron chi connectivity index (χ3n) is 6.61. The molecule has 0 unspecified atom stereocenters. The molecule has 1 aliphatic heterocycles. The molecular formula is C25H24N2O7. The third kappa shape index (κ3) is 4.33. The molecule has 0 spiro atoms. The second kappa shape index (κ2) is 9.17. The topological polar surface area (TPSA) is 124 Å². The van der Waals surface area contributed by atoms with Gasteiger partial charge in [0, 0.05) is 17.2 Å². The number of anilines is 1. The quantitative estimate of drug-likeness (QED) is 0.209. The molecular weight excluding hydrogens is 440 g/mol. The average Bonchev–Trinajstić information content (AvgIpc) is 3.06. The zero-order chi connectivity index (χ0) is 24.6. The van der Waals surface area contributed by atoms with Gasteiger partial charge >= 0.3 is 5.97 Å². The van der Waals surface area contributed by atoms with Gasteiger partial charge in [0.25, 0.3) is 5.69 Å². The summed E-state index contributed by atoms with van der Waals surface area (Å²) in [7, 11) is 0. The molecule has 2 aromatic rings. The van der Waals surface area contributed by atoms with E-state index in [0.717, 1.165) is 12.5 Å². The number of fused-ring (bicyclic) bond motifs is 1. The Hall–Kier alpha value is -3.88. The predicted molar refractivity (Wildman–Crippen MR) is 121 cm³/mol. The SMILES string of the molecule is Cc1ccc(C(=O)COC(=O)c2ccc(N3C(=O)[C@@H]4CC[C@H](C)C[C@H]4C3=O)cc2)cc1[N+](=O)[O-]. The van der Waals surface area contributed by atoms with E-state index in [-0.39, 0.29) is 40.5 Å². The molecule has 1 heterocycles. The zero-order valence-electron chi connectivity index (χ0n) is 18.9. The lowest BCUT2D eigenvalue weighted by Crippen LogP contribution is -2.30. The van der Waals surface area contributed by atoms with Crippen LogP contribution in [0.2, 0.25) is 0 Å². The standard InChI is InChI=1S/C25H24N2O7/c1-14-3-10-19-20(11-14)24(30)26(23(19)29)18-8-6-16(7-9-18)25(31)34-13-22(28)17-5-4-15(2)21(12-17)27(32)33/h4-9,12,14,19-20H,3,10-11,13H2,1-2H3/t14-,19+,20+/m0/s1. The summed E-state index contributed by atoms with van der Waals surface area (Å²) in [6.07, 6.45) is 2.33. The maximum Gasteiger partial charge on any atom is 0.338 e. The first-order valence-corrected chi connectivity index (χ1v) is 11.1. The van der Waals surface area contributed by atoms with Crippen molar-refractivity contribution < 1.29 is 28.8 Å². The number of hydrogen-bond donors (Lipinski definition) is 0. The van der Waals surface area contributed by atoms with Gasteiger partial charge in [0.1, 0.15) is 0 Å². The maximum atomic E-state index is 12.8. The first kappa shape index (κ1) is 23.3. The third-order valence-corrected chi connectivity index (χ3v) is 6.61. The lowest BCUT2D eigenvalue weighted by Gasteiger charge is -2.25. The van der Waals surface area contributed by atoms with Crippen molar-refractivity contribution in [3.63, 3.8) is 0 Å². The molecule has 0 aromatic heterocycles. The number of ether oxygens (including phenoxy) is 1. The molecule has 0 N–H and O–H groups in total. The number of nitro benzene ring substituents is 1. The van der Waals surface area contributed by atoms with Crippen LogP contribution in [0.15, 0.2) is 42.5 Å². The second-order valence-corrected chi connectivity index (χ2v) is 8.95. The molecule has 0 bridgehead atoms. The fourth-order valence-electron chi connectivity index (χ4n) is 4.67. The summed E-state index contributed by atoms with van der Waals surface area (Å²) in [5.41, 5.74) is 0.853. The van der Waals surface area contributed by atoms with Crippen LogP contribution in [-0.2, 0) is 14.3 Å². The summed E-state index contributed by atoms with van der Waals surface area (Å²) < 4.78 is 5.07. The molecule has 3 atom stereocenters. The van der Waals surface area contributed by atoms with Gasteiger partial charge in [-0.3, -0.25) is 29.4 Å². The second-order valence-electron chi connectivity index (χ2n) is 8.95. The summed E-state index contributed by atoms with van der Waals surface area (Å²) in [4.78, 5) is 62.1. The lowest BCUT2D eigenvalue weighted by molar-refractivity contribution is -0.385. The fraction of sp³-hybridized carbons (Fsp3) is 0.360. The molecule has 9 nitrogen and oxygen atoms in total. The molecule has 2 fully saturated rings. The van der Waals surface area contributed by atoms with E-state index in [2.05, 4.69) is 6.92 Å². The van der Waals surface area contributed by atoms with Gasteiger partial charge < -0.3 is 4.74 Å². The molecule has 2 aromatic carbocycles. The van der Waals surface area contributed by atoms with E-state index in [1.54, 1.807) is 6.92 Å². The Morgan fingerprint density at radius 1 is 1.03 bits per heavy atom. The van der Waals surface area contributed by atoms with Crippen LogP contribution in [0.5, 0.6) is 0 Å². The number of Topliss-reactive ketones (excluding diaryl/α,β-unsaturated/α-hetero) is 1.